The van der Waals surface area contributed by atoms with Gasteiger partial charge in [0.2, 0.25) is 5.82 Å². The molecule has 0 radical (unpaired) electrons. The Labute approximate surface area is 159 Å². The molecule has 0 aliphatic carbocycles. The first-order valence-electron chi connectivity index (χ1n) is 8.40. The first-order valence-corrected chi connectivity index (χ1v) is 8.40. The molecular formula is C19H18F3N5O. The van der Waals surface area contributed by atoms with E-state index in [-0.39, 0.29) is 5.91 Å². The second-order valence-corrected chi connectivity index (χ2v) is 6.55. The Morgan fingerprint density at radius 1 is 1.11 bits per heavy atom. The number of amides is 1. The number of benzene rings is 2. The van der Waals surface area contributed by atoms with Gasteiger partial charge in [0, 0.05) is 25.2 Å². The van der Waals surface area contributed by atoms with Gasteiger partial charge in [-0.2, -0.15) is 18.0 Å². The van der Waals surface area contributed by atoms with Crippen molar-refractivity contribution in [2.45, 2.75) is 12.6 Å². The van der Waals surface area contributed by atoms with Crippen LogP contribution in [0.15, 0.2) is 42.5 Å². The van der Waals surface area contributed by atoms with Gasteiger partial charge in [-0.3, -0.25) is 4.79 Å². The maximum absolute atomic E-state index is 12.8. The first kappa shape index (κ1) is 19.5. The summed E-state index contributed by atoms with van der Waals surface area (Å²) in [7, 11) is 4.93. The molecule has 1 amide bonds. The van der Waals surface area contributed by atoms with Crippen LogP contribution >= 0.6 is 0 Å². The van der Waals surface area contributed by atoms with Crippen molar-refractivity contribution in [3.8, 4) is 11.4 Å². The number of halogens is 3. The van der Waals surface area contributed by atoms with E-state index in [1.807, 2.05) is 0 Å². The Hall–Kier alpha value is -3.23. The van der Waals surface area contributed by atoms with Crippen molar-refractivity contribution in [3.63, 3.8) is 0 Å². The van der Waals surface area contributed by atoms with Gasteiger partial charge in [-0.05, 0) is 47.0 Å². The summed E-state index contributed by atoms with van der Waals surface area (Å²) in [6.45, 7) is 0. The number of tetrazole rings is 1. The summed E-state index contributed by atoms with van der Waals surface area (Å²) in [4.78, 5) is 15.1. The van der Waals surface area contributed by atoms with Gasteiger partial charge in [-0.15, -0.1) is 10.2 Å². The minimum Gasteiger partial charge on any atom is -0.345 e. The summed E-state index contributed by atoms with van der Waals surface area (Å²) in [5.74, 6) is 0.170. The van der Waals surface area contributed by atoms with Crippen molar-refractivity contribution in [1.82, 2.24) is 25.1 Å². The van der Waals surface area contributed by atoms with E-state index in [1.54, 1.807) is 39.3 Å². The normalized spacial score (nSPS) is 11.5. The molecule has 3 aromatic rings. The highest BCUT2D eigenvalue weighted by Gasteiger charge is 2.30. The lowest BCUT2D eigenvalue weighted by atomic mass is 9.96. The highest BCUT2D eigenvalue weighted by Crippen LogP contribution is 2.30. The van der Waals surface area contributed by atoms with Crippen LogP contribution in [0, 0.1) is 0 Å². The largest absolute Gasteiger partial charge is 0.416 e. The van der Waals surface area contributed by atoms with Gasteiger partial charge in [0.1, 0.15) is 0 Å². The predicted molar refractivity (Wildman–Crippen MR) is 96.5 cm³/mol. The third-order valence-electron chi connectivity index (χ3n) is 4.19. The molecule has 0 aliphatic heterocycles. The number of carbonyl (C=O) groups is 1. The molecule has 28 heavy (non-hydrogen) atoms. The highest BCUT2D eigenvalue weighted by atomic mass is 19.4. The quantitative estimate of drug-likeness (QED) is 0.688. The molecule has 0 saturated heterocycles. The Bertz CT molecular complexity index is 994. The molecule has 1 heterocycles. The van der Waals surface area contributed by atoms with Crippen molar-refractivity contribution in [2.24, 2.45) is 7.05 Å². The number of aryl methyl sites for hydroxylation is 1. The molecule has 0 atom stereocenters. The molecule has 0 N–H and O–H groups in total. The molecular weight excluding hydrogens is 371 g/mol. The SMILES string of the molecule is CN(C)C(=O)c1ccc(Cc2ccc(C(F)(F)F)cc2)c(-c2nnn(C)n2)c1. The van der Waals surface area contributed by atoms with Crippen LogP contribution in [0.4, 0.5) is 13.2 Å². The fourth-order valence-corrected chi connectivity index (χ4v) is 2.75. The average molecular weight is 389 g/mol. The summed E-state index contributed by atoms with van der Waals surface area (Å²) in [6, 6.07) is 10.1. The number of hydrogen-bond donors (Lipinski definition) is 0. The molecule has 0 spiro atoms. The zero-order valence-electron chi connectivity index (χ0n) is 15.5. The van der Waals surface area contributed by atoms with Crippen LogP contribution in [0.5, 0.6) is 0 Å². The number of aromatic nitrogens is 4. The predicted octanol–water partition coefficient (Wildman–Crippen LogP) is 3.19. The van der Waals surface area contributed by atoms with E-state index in [0.29, 0.717) is 28.9 Å². The summed E-state index contributed by atoms with van der Waals surface area (Å²) in [5.41, 5.74) is 1.86. The number of nitrogens with zero attached hydrogens (tertiary/aromatic N) is 5. The monoisotopic (exact) mass is 389 g/mol. The second-order valence-electron chi connectivity index (χ2n) is 6.55. The highest BCUT2D eigenvalue weighted by molar-refractivity contribution is 5.95. The minimum atomic E-state index is -4.37. The smallest absolute Gasteiger partial charge is 0.345 e. The molecule has 3 rings (SSSR count). The Morgan fingerprint density at radius 2 is 1.79 bits per heavy atom. The van der Waals surface area contributed by atoms with Gasteiger partial charge in [0.25, 0.3) is 5.91 Å². The van der Waals surface area contributed by atoms with Gasteiger partial charge < -0.3 is 4.90 Å². The van der Waals surface area contributed by atoms with Crippen molar-refractivity contribution < 1.29 is 18.0 Å². The zero-order chi connectivity index (χ0) is 20.5. The summed E-state index contributed by atoms with van der Waals surface area (Å²) in [6.07, 6.45) is -4.01. The van der Waals surface area contributed by atoms with Crippen LogP contribution in [0.2, 0.25) is 0 Å². The van der Waals surface area contributed by atoms with Crippen molar-refractivity contribution in [3.05, 3.63) is 64.7 Å². The fourth-order valence-electron chi connectivity index (χ4n) is 2.75. The average Bonchev–Trinajstić information content (AvgIpc) is 3.07. The minimum absolute atomic E-state index is 0.175. The Balaban J connectivity index is 1.99. The molecule has 2 aromatic carbocycles. The lowest BCUT2D eigenvalue weighted by Gasteiger charge is -2.13. The van der Waals surface area contributed by atoms with Crippen LogP contribution in [0.1, 0.15) is 27.0 Å². The Kier molecular flexibility index (Phi) is 5.17. The third-order valence-corrected chi connectivity index (χ3v) is 4.19. The van der Waals surface area contributed by atoms with E-state index < -0.39 is 11.7 Å². The summed E-state index contributed by atoms with van der Waals surface area (Å²) < 4.78 is 38.3. The zero-order valence-corrected chi connectivity index (χ0v) is 15.5. The third kappa shape index (κ3) is 4.19. The molecule has 0 unspecified atom stereocenters. The van der Waals surface area contributed by atoms with E-state index in [1.165, 1.54) is 21.8 Å². The topological polar surface area (TPSA) is 63.9 Å². The molecule has 0 saturated carbocycles. The molecule has 0 fully saturated rings. The molecule has 6 nitrogen and oxygen atoms in total. The van der Waals surface area contributed by atoms with E-state index in [9.17, 15) is 18.0 Å². The maximum Gasteiger partial charge on any atom is 0.416 e. The molecule has 1 aromatic heterocycles. The fraction of sp³-hybridized carbons (Fsp3) is 0.263. The van der Waals surface area contributed by atoms with Gasteiger partial charge in [-0.1, -0.05) is 18.2 Å². The van der Waals surface area contributed by atoms with Gasteiger partial charge in [-0.25, -0.2) is 0 Å². The van der Waals surface area contributed by atoms with Crippen LogP contribution in [0.3, 0.4) is 0 Å². The molecule has 0 aliphatic rings. The number of rotatable bonds is 4. The maximum atomic E-state index is 12.8. The lowest BCUT2D eigenvalue weighted by Crippen LogP contribution is -2.21. The van der Waals surface area contributed by atoms with E-state index in [0.717, 1.165) is 17.7 Å². The van der Waals surface area contributed by atoms with Crippen molar-refractivity contribution in [1.29, 1.82) is 0 Å². The van der Waals surface area contributed by atoms with E-state index >= 15 is 0 Å². The standard InChI is InChI=1S/C19H18F3N5O/c1-26(2)18(28)14-7-6-13(16(11-14)17-23-25-27(3)24-17)10-12-4-8-15(9-5-12)19(20,21)22/h4-9,11H,10H2,1-3H3. The van der Waals surface area contributed by atoms with Gasteiger partial charge in [0.15, 0.2) is 0 Å². The second kappa shape index (κ2) is 7.41. The van der Waals surface area contributed by atoms with E-state index in [2.05, 4.69) is 15.4 Å². The molecule has 9 heteroatoms. The lowest BCUT2D eigenvalue weighted by molar-refractivity contribution is -0.137. The summed E-state index contributed by atoms with van der Waals surface area (Å²) in [5, 5.41) is 12.0. The van der Waals surface area contributed by atoms with Crippen LogP contribution < -0.4 is 0 Å². The molecule has 146 valence electrons. The van der Waals surface area contributed by atoms with Crippen LogP contribution in [-0.4, -0.2) is 45.1 Å². The van der Waals surface area contributed by atoms with Gasteiger partial charge >= 0.3 is 6.18 Å². The van der Waals surface area contributed by atoms with Crippen LogP contribution in [-0.2, 0) is 19.6 Å². The van der Waals surface area contributed by atoms with Crippen LogP contribution in [0.25, 0.3) is 11.4 Å². The van der Waals surface area contributed by atoms with Crippen molar-refractivity contribution >= 4 is 5.91 Å². The number of alkyl halides is 3. The molecule has 0 bridgehead atoms. The number of carbonyl (C=O) groups excluding carboxylic acids is 1. The van der Waals surface area contributed by atoms with Crippen molar-refractivity contribution in [2.75, 3.05) is 14.1 Å². The Morgan fingerprint density at radius 3 is 2.32 bits per heavy atom. The number of hydrogen-bond acceptors (Lipinski definition) is 4. The van der Waals surface area contributed by atoms with Gasteiger partial charge in [0.05, 0.1) is 12.6 Å². The summed E-state index contributed by atoms with van der Waals surface area (Å²) >= 11 is 0. The van der Waals surface area contributed by atoms with E-state index in [4.69, 9.17) is 0 Å². The first-order chi connectivity index (χ1) is 13.1.